The molecule has 150 valence electrons. The molecule has 0 bridgehead atoms. The Hall–Kier alpha value is -2.14. The van der Waals surface area contributed by atoms with E-state index < -0.39 is 0 Å². The molecule has 7 heteroatoms. The first-order valence-corrected chi connectivity index (χ1v) is 10.5. The van der Waals surface area contributed by atoms with Crippen LogP contribution in [-0.4, -0.2) is 41.7 Å². The van der Waals surface area contributed by atoms with Crippen LogP contribution in [-0.2, 0) is 22.6 Å². The van der Waals surface area contributed by atoms with Crippen molar-refractivity contribution < 1.29 is 9.53 Å². The fourth-order valence-corrected chi connectivity index (χ4v) is 4.62. The number of hydrogen-bond donors (Lipinski definition) is 1. The maximum absolute atomic E-state index is 12.7. The number of hydrogen-bond acceptors (Lipinski definition) is 5. The fraction of sp³-hybridized carbons (Fsp3) is 0.524. The zero-order valence-corrected chi connectivity index (χ0v) is 17.9. The van der Waals surface area contributed by atoms with Gasteiger partial charge in [0.25, 0.3) is 0 Å². The monoisotopic (exact) mass is 400 g/mol. The molecule has 28 heavy (non-hydrogen) atoms. The average molecular weight is 401 g/mol. The number of amides is 1. The van der Waals surface area contributed by atoms with Crippen molar-refractivity contribution in [3.8, 4) is 6.07 Å². The predicted octanol–water partition coefficient (Wildman–Crippen LogP) is 3.60. The highest BCUT2D eigenvalue weighted by atomic mass is 32.1. The number of carbonyl (C=O) groups excluding carboxylic acids is 1. The highest BCUT2D eigenvalue weighted by Gasteiger charge is 2.24. The van der Waals surface area contributed by atoms with Gasteiger partial charge in [-0.2, -0.15) is 5.26 Å². The summed E-state index contributed by atoms with van der Waals surface area (Å²) in [5.41, 5.74) is 3.71. The maximum Gasteiger partial charge on any atom is 0.239 e. The molecule has 1 atom stereocenters. The molecule has 0 saturated carbocycles. The number of nitrogens with one attached hydrogen (secondary N) is 1. The Balaban J connectivity index is 1.72. The summed E-state index contributed by atoms with van der Waals surface area (Å²) in [6.07, 6.45) is 2.20. The van der Waals surface area contributed by atoms with Gasteiger partial charge < -0.3 is 14.6 Å². The number of nitrogens with zero attached hydrogens (tertiary/aromatic N) is 3. The molecule has 0 aliphatic carbocycles. The van der Waals surface area contributed by atoms with Crippen molar-refractivity contribution >= 4 is 23.1 Å². The first-order chi connectivity index (χ1) is 13.4. The third-order valence-corrected chi connectivity index (χ3v) is 6.41. The number of rotatable bonds is 7. The number of carbonyl (C=O) groups is 1. The topological polar surface area (TPSA) is 70.3 Å². The van der Waals surface area contributed by atoms with Gasteiger partial charge in [0.1, 0.15) is 11.9 Å². The molecule has 1 fully saturated rings. The van der Waals surface area contributed by atoms with Gasteiger partial charge in [0.15, 0.2) is 0 Å². The average Bonchev–Trinajstić information content (AvgIpc) is 3.34. The van der Waals surface area contributed by atoms with Crippen molar-refractivity contribution in [3.05, 3.63) is 38.7 Å². The van der Waals surface area contributed by atoms with Crippen molar-refractivity contribution in [2.24, 2.45) is 0 Å². The molecule has 2 aromatic rings. The molecule has 6 nitrogen and oxygen atoms in total. The lowest BCUT2D eigenvalue weighted by molar-refractivity contribution is -0.117. The molecule has 0 spiro atoms. The summed E-state index contributed by atoms with van der Waals surface area (Å²) < 4.78 is 7.80. The molecule has 0 unspecified atom stereocenters. The van der Waals surface area contributed by atoms with E-state index in [0.717, 1.165) is 37.3 Å². The van der Waals surface area contributed by atoms with Gasteiger partial charge in [-0.15, -0.1) is 11.3 Å². The lowest BCUT2D eigenvalue weighted by Crippen LogP contribution is -2.31. The standard InChI is InChI=1S/C21H28N4O2S/c1-14-7-9-28-19(14)12-24(4)13-20(26)23-21-18(10-22)15(2)16(3)25(21)11-17-6-5-8-27-17/h7,9,17H,5-6,8,11-13H2,1-4H3,(H,23,26)/t17-/m0/s1. The van der Waals surface area contributed by atoms with Crippen molar-refractivity contribution in [2.75, 3.05) is 25.5 Å². The first-order valence-electron chi connectivity index (χ1n) is 9.63. The molecular weight excluding hydrogens is 372 g/mol. The molecule has 0 radical (unpaired) electrons. The molecule has 1 saturated heterocycles. The summed E-state index contributed by atoms with van der Waals surface area (Å²) in [4.78, 5) is 16.0. The van der Waals surface area contributed by atoms with Crippen LogP contribution in [0.3, 0.4) is 0 Å². The lowest BCUT2D eigenvalue weighted by Gasteiger charge is -2.19. The van der Waals surface area contributed by atoms with Gasteiger partial charge in [-0.25, -0.2) is 0 Å². The van der Waals surface area contributed by atoms with E-state index >= 15 is 0 Å². The normalized spacial score (nSPS) is 16.5. The van der Waals surface area contributed by atoms with Crippen LogP contribution in [0.2, 0.25) is 0 Å². The van der Waals surface area contributed by atoms with Crippen LogP contribution >= 0.6 is 11.3 Å². The van der Waals surface area contributed by atoms with Gasteiger partial charge in [0.2, 0.25) is 5.91 Å². The quantitative estimate of drug-likeness (QED) is 0.771. The van der Waals surface area contributed by atoms with E-state index in [-0.39, 0.29) is 18.6 Å². The Morgan fingerprint density at radius 1 is 1.46 bits per heavy atom. The van der Waals surface area contributed by atoms with E-state index in [1.165, 1.54) is 10.4 Å². The van der Waals surface area contributed by atoms with Crippen molar-refractivity contribution in [1.82, 2.24) is 9.47 Å². The van der Waals surface area contributed by atoms with Gasteiger partial charge in [-0.05, 0) is 63.2 Å². The Bertz CT molecular complexity index is 887. The van der Waals surface area contributed by atoms with Gasteiger partial charge >= 0.3 is 0 Å². The summed E-state index contributed by atoms with van der Waals surface area (Å²) in [5.74, 6) is 0.484. The van der Waals surface area contributed by atoms with Crippen LogP contribution in [0.4, 0.5) is 5.82 Å². The number of anilines is 1. The zero-order valence-electron chi connectivity index (χ0n) is 17.0. The van der Waals surface area contributed by atoms with E-state index in [1.54, 1.807) is 11.3 Å². The van der Waals surface area contributed by atoms with Crippen molar-refractivity contribution in [2.45, 2.75) is 52.8 Å². The summed E-state index contributed by atoms with van der Waals surface area (Å²) in [6, 6.07) is 4.36. The second-order valence-corrected chi connectivity index (χ2v) is 8.54. The Morgan fingerprint density at radius 3 is 2.86 bits per heavy atom. The smallest absolute Gasteiger partial charge is 0.239 e. The van der Waals surface area contributed by atoms with Crippen LogP contribution in [0.25, 0.3) is 0 Å². The van der Waals surface area contributed by atoms with Gasteiger partial charge in [0.05, 0.1) is 24.8 Å². The van der Waals surface area contributed by atoms with E-state index in [9.17, 15) is 10.1 Å². The molecule has 1 N–H and O–H groups in total. The zero-order chi connectivity index (χ0) is 20.3. The molecule has 0 aromatic carbocycles. The molecule has 3 heterocycles. The van der Waals surface area contributed by atoms with Gasteiger partial charge in [0, 0.05) is 23.7 Å². The summed E-state index contributed by atoms with van der Waals surface area (Å²) >= 11 is 1.71. The van der Waals surface area contributed by atoms with Crippen molar-refractivity contribution in [1.29, 1.82) is 5.26 Å². The van der Waals surface area contributed by atoms with Crippen LogP contribution in [0, 0.1) is 32.1 Å². The largest absolute Gasteiger partial charge is 0.376 e. The minimum atomic E-state index is -0.112. The minimum absolute atomic E-state index is 0.112. The molecule has 2 aromatic heterocycles. The number of aryl methyl sites for hydroxylation is 1. The SMILES string of the molecule is Cc1ccsc1CN(C)CC(=O)Nc1c(C#N)c(C)c(C)n1C[C@@H]1CCCO1. The molecular formula is C21H28N4O2S. The van der Waals surface area contributed by atoms with E-state index in [0.29, 0.717) is 17.9 Å². The highest BCUT2D eigenvalue weighted by molar-refractivity contribution is 7.10. The maximum atomic E-state index is 12.7. The summed E-state index contributed by atoms with van der Waals surface area (Å²) in [6.45, 7) is 8.45. The number of aromatic nitrogens is 1. The minimum Gasteiger partial charge on any atom is -0.376 e. The number of thiophene rings is 1. The second kappa shape index (κ2) is 8.91. The van der Waals surface area contributed by atoms with Crippen LogP contribution in [0.1, 0.15) is 40.1 Å². The van der Waals surface area contributed by atoms with Crippen LogP contribution in [0.15, 0.2) is 11.4 Å². The van der Waals surface area contributed by atoms with E-state index in [4.69, 9.17) is 4.74 Å². The summed E-state index contributed by atoms with van der Waals surface area (Å²) in [7, 11) is 1.94. The Kier molecular flexibility index (Phi) is 6.55. The number of nitriles is 1. The van der Waals surface area contributed by atoms with E-state index in [2.05, 4.69) is 29.8 Å². The highest BCUT2D eigenvalue weighted by Crippen LogP contribution is 2.28. The van der Waals surface area contributed by atoms with Gasteiger partial charge in [-0.1, -0.05) is 0 Å². The molecule has 1 aliphatic rings. The Labute approximate surface area is 170 Å². The Morgan fingerprint density at radius 2 is 2.25 bits per heavy atom. The third kappa shape index (κ3) is 4.46. The van der Waals surface area contributed by atoms with Crippen LogP contribution < -0.4 is 5.32 Å². The lowest BCUT2D eigenvalue weighted by atomic mass is 10.2. The first kappa shape index (κ1) is 20.6. The second-order valence-electron chi connectivity index (χ2n) is 7.54. The fourth-order valence-electron chi connectivity index (χ4n) is 3.63. The van der Waals surface area contributed by atoms with Crippen molar-refractivity contribution in [3.63, 3.8) is 0 Å². The summed E-state index contributed by atoms with van der Waals surface area (Å²) in [5, 5.41) is 14.7. The molecule has 1 amide bonds. The molecule has 1 aliphatic heterocycles. The van der Waals surface area contributed by atoms with E-state index in [1.807, 2.05) is 30.4 Å². The van der Waals surface area contributed by atoms with Gasteiger partial charge in [-0.3, -0.25) is 9.69 Å². The third-order valence-electron chi connectivity index (χ3n) is 5.40. The number of ether oxygens (including phenoxy) is 1. The molecule has 3 rings (SSSR count). The number of likely N-dealkylation sites (N-methyl/N-ethyl adjacent to an activating group) is 1. The predicted molar refractivity (Wildman–Crippen MR) is 112 cm³/mol. The van der Waals surface area contributed by atoms with Crippen LogP contribution in [0.5, 0.6) is 0 Å².